The second kappa shape index (κ2) is 5.99. The molecule has 1 aromatic rings. The molecule has 1 unspecified atom stereocenters. The van der Waals surface area contributed by atoms with Gasteiger partial charge in [0.1, 0.15) is 12.2 Å². The Bertz CT molecular complexity index is 443. The third kappa shape index (κ3) is 2.96. The van der Waals surface area contributed by atoms with E-state index >= 15 is 0 Å². The van der Waals surface area contributed by atoms with Crippen LogP contribution in [-0.4, -0.2) is 34.3 Å². The maximum atomic E-state index is 11.7. The summed E-state index contributed by atoms with van der Waals surface area (Å²) in [7, 11) is 1.29. The van der Waals surface area contributed by atoms with Crippen LogP contribution >= 0.6 is 0 Å². The van der Waals surface area contributed by atoms with Gasteiger partial charge < -0.3 is 10.1 Å². The lowest BCUT2D eigenvalue weighted by Gasteiger charge is -2.11. The van der Waals surface area contributed by atoms with E-state index in [1.165, 1.54) is 18.0 Å². The zero-order valence-electron chi connectivity index (χ0n) is 10.5. The van der Waals surface area contributed by atoms with Gasteiger partial charge in [-0.1, -0.05) is 6.92 Å². The number of nitrogens with one attached hydrogen (secondary N) is 1. The summed E-state index contributed by atoms with van der Waals surface area (Å²) in [6.45, 7) is 4.11. The Morgan fingerprint density at radius 3 is 2.83 bits per heavy atom. The van der Waals surface area contributed by atoms with Gasteiger partial charge in [0.15, 0.2) is 0 Å². The minimum atomic E-state index is -0.626. The number of carbonyl (C=O) groups is 1. The van der Waals surface area contributed by atoms with Crippen molar-refractivity contribution in [1.82, 2.24) is 15.1 Å². The predicted octanol–water partition coefficient (Wildman–Crippen LogP) is 0.887. The molecule has 0 radical (unpaired) electrons. The van der Waals surface area contributed by atoms with Crippen LogP contribution in [0.2, 0.25) is 0 Å². The SMILES string of the molecule is CCCNC(=O)C(C)n1cc([N+](=O)[O-])c(OC)n1. The van der Waals surface area contributed by atoms with Crippen LogP contribution in [0.15, 0.2) is 6.20 Å². The van der Waals surface area contributed by atoms with Crippen LogP contribution in [-0.2, 0) is 4.79 Å². The lowest BCUT2D eigenvalue weighted by atomic mass is 10.3. The molecule has 1 atom stereocenters. The maximum Gasteiger partial charge on any atom is 0.350 e. The number of ether oxygens (including phenoxy) is 1. The van der Waals surface area contributed by atoms with Crippen molar-refractivity contribution < 1.29 is 14.5 Å². The van der Waals surface area contributed by atoms with Crippen molar-refractivity contribution >= 4 is 11.6 Å². The molecule has 0 saturated heterocycles. The molecule has 0 spiro atoms. The first-order valence-corrected chi connectivity index (χ1v) is 5.56. The monoisotopic (exact) mass is 256 g/mol. The molecule has 0 aromatic carbocycles. The molecule has 8 nitrogen and oxygen atoms in total. The van der Waals surface area contributed by atoms with Gasteiger partial charge >= 0.3 is 11.6 Å². The minimum absolute atomic E-state index is 0.102. The van der Waals surface area contributed by atoms with Gasteiger partial charge in [0.25, 0.3) is 0 Å². The molecular weight excluding hydrogens is 240 g/mol. The van der Waals surface area contributed by atoms with Crippen molar-refractivity contribution in [3.8, 4) is 5.88 Å². The number of aromatic nitrogens is 2. The van der Waals surface area contributed by atoms with Crippen molar-refractivity contribution in [2.45, 2.75) is 26.3 Å². The van der Waals surface area contributed by atoms with Gasteiger partial charge in [-0.3, -0.25) is 14.9 Å². The molecule has 0 aliphatic rings. The van der Waals surface area contributed by atoms with E-state index < -0.39 is 11.0 Å². The lowest BCUT2D eigenvalue weighted by Crippen LogP contribution is -2.31. The quantitative estimate of drug-likeness (QED) is 0.601. The van der Waals surface area contributed by atoms with Gasteiger partial charge in [0.05, 0.1) is 12.0 Å². The van der Waals surface area contributed by atoms with Gasteiger partial charge in [0, 0.05) is 6.54 Å². The number of hydrogen-bond acceptors (Lipinski definition) is 5. The number of carbonyl (C=O) groups excluding carboxylic acids is 1. The van der Waals surface area contributed by atoms with Gasteiger partial charge in [-0.2, -0.15) is 0 Å². The average molecular weight is 256 g/mol. The highest BCUT2D eigenvalue weighted by Gasteiger charge is 2.24. The second-order valence-electron chi connectivity index (χ2n) is 3.73. The zero-order valence-corrected chi connectivity index (χ0v) is 10.5. The molecule has 1 aromatic heterocycles. The van der Waals surface area contributed by atoms with E-state index in [0.29, 0.717) is 6.54 Å². The summed E-state index contributed by atoms with van der Waals surface area (Å²) in [5, 5.41) is 17.3. The highest BCUT2D eigenvalue weighted by atomic mass is 16.6. The largest absolute Gasteiger partial charge is 0.475 e. The van der Waals surface area contributed by atoms with E-state index in [1.54, 1.807) is 6.92 Å². The summed E-state index contributed by atoms with van der Waals surface area (Å²) in [5.74, 6) is -0.341. The van der Waals surface area contributed by atoms with E-state index in [1.807, 2.05) is 6.92 Å². The summed E-state index contributed by atoms with van der Waals surface area (Å²) in [5.41, 5.74) is -0.257. The third-order valence-electron chi connectivity index (χ3n) is 2.40. The van der Waals surface area contributed by atoms with E-state index in [9.17, 15) is 14.9 Å². The van der Waals surface area contributed by atoms with Gasteiger partial charge in [-0.05, 0) is 13.3 Å². The second-order valence-corrected chi connectivity index (χ2v) is 3.73. The first-order valence-electron chi connectivity index (χ1n) is 5.56. The van der Waals surface area contributed by atoms with Crippen LogP contribution < -0.4 is 10.1 Å². The van der Waals surface area contributed by atoms with Crippen LogP contribution in [0, 0.1) is 10.1 Å². The number of amides is 1. The Morgan fingerprint density at radius 2 is 2.39 bits per heavy atom. The number of rotatable bonds is 6. The molecule has 0 saturated carbocycles. The van der Waals surface area contributed by atoms with Crippen LogP contribution in [0.25, 0.3) is 0 Å². The number of hydrogen-bond donors (Lipinski definition) is 1. The van der Waals surface area contributed by atoms with Gasteiger partial charge in [-0.25, -0.2) is 4.68 Å². The van der Waals surface area contributed by atoms with E-state index in [4.69, 9.17) is 4.74 Å². The Hall–Kier alpha value is -2.12. The zero-order chi connectivity index (χ0) is 13.7. The number of nitrogens with zero attached hydrogens (tertiary/aromatic N) is 3. The molecule has 1 N–H and O–H groups in total. The molecule has 100 valence electrons. The molecule has 0 aliphatic heterocycles. The molecule has 0 aliphatic carbocycles. The fourth-order valence-corrected chi connectivity index (χ4v) is 1.35. The molecular formula is C10H16N4O4. The van der Waals surface area contributed by atoms with Crippen LogP contribution in [0.4, 0.5) is 5.69 Å². The Morgan fingerprint density at radius 1 is 1.72 bits per heavy atom. The summed E-state index contributed by atoms with van der Waals surface area (Å²) in [6, 6.07) is -0.626. The predicted molar refractivity (Wildman–Crippen MR) is 63.4 cm³/mol. The highest BCUT2D eigenvalue weighted by Crippen LogP contribution is 2.25. The fourth-order valence-electron chi connectivity index (χ4n) is 1.35. The molecule has 1 rings (SSSR count). The molecule has 0 bridgehead atoms. The van der Waals surface area contributed by atoms with E-state index in [2.05, 4.69) is 10.4 Å². The summed E-state index contributed by atoms with van der Waals surface area (Å²) >= 11 is 0. The number of methoxy groups -OCH3 is 1. The van der Waals surface area contributed by atoms with E-state index in [0.717, 1.165) is 6.42 Å². The van der Waals surface area contributed by atoms with Crippen LogP contribution in [0.3, 0.4) is 0 Å². The average Bonchev–Trinajstić information content (AvgIpc) is 2.79. The molecule has 1 heterocycles. The Balaban J connectivity index is 2.89. The third-order valence-corrected chi connectivity index (χ3v) is 2.40. The Labute approximate surface area is 104 Å². The summed E-state index contributed by atoms with van der Waals surface area (Å²) in [4.78, 5) is 21.8. The standard InChI is InChI=1S/C10H16N4O4/c1-4-5-11-9(15)7(2)13-6-8(14(16)17)10(12-13)18-3/h6-7H,4-5H2,1-3H3,(H,11,15). The smallest absolute Gasteiger partial charge is 0.350 e. The van der Waals surface area contributed by atoms with Crippen molar-refractivity contribution in [2.75, 3.05) is 13.7 Å². The van der Waals surface area contributed by atoms with Crippen molar-refractivity contribution in [3.63, 3.8) is 0 Å². The number of nitro groups is 1. The van der Waals surface area contributed by atoms with Crippen LogP contribution in [0.5, 0.6) is 5.88 Å². The van der Waals surface area contributed by atoms with E-state index in [-0.39, 0.29) is 17.5 Å². The molecule has 8 heteroatoms. The fraction of sp³-hybridized carbons (Fsp3) is 0.600. The summed E-state index contributed by atoms with van der Waals surface area (Å²) < 4.78 is 6.02. The van der Waals surface area contributed by atoms with Crippen molar-refractivity contribution in [2.24, 2.45) is 0 Å². The molecule has 18 heavy (non-hydrogen) atoms. The first kappa shape index (κ1) is 13.9. The molecule has 1 amide bonds. The maximum absolute atomic E-state index is 11.7. The molecule has 0 fully saturated rings. The first-order chi connectivity index (χ1) is 8.51. The van der Waals surface area contributed by atoms with Crippen molar-refractivity contribution in [3.05, 3.63) is 16.3 Å². The lowest BCUT2D eigenvalue weighted by molar-refractivity contribution is -0.385. The van der Waals surface area contributed by atoms with Gasteiger partial charge in [-0.15, -0.1) is 5.10 Å². The summed E-state index contributed by atoms with van der Waals surface area (Å²) in [6.07, 6.45) is 2.01. The topological polar surface area (TPSA) is 99.3 Å². The Kier molecular flexibility index (Phi) is 4.64. The van der Waals surface area contributed by atoms with Gasteiger partial charge in [0.2, 0.25) is 5.91 Å². The van der Waals surface area contributed by atoms with Crippen LogP contribution in [0.1, 0.15) is 26.3 Å². The normalized spacial score (nSPS) is 11.9. The van der Waals surface area contributed by atoms with Crippen molar-refractivity contribution in [1.29, 1.82) is 0 Å². The highest BCUT2D eigenvalue weighted by molar-refractivity contribution is 5.79. The minimum Gasteiger partial charge on any atom is -0.475 e.